The lowest BCUT2D eigenvalue weighted by atomic mass is 9.84. The summed E-state index contributed by atoms with van der Waals surface area (Å²) >= 11 is 2.23. The Morgan fingerprint density at radius 2 is 1.89 bits per heavy atom. The minimum Gasteiger partial charge on any atom is -0.356 e. The number of fused-ring (bicyclic) bond motifs is 1. The Labute approximate surface area is 227 Å². The molecule has 5 rings (SSSR count). The standard InChI is InChI=1S/C25H24IN7O3S/c1-37(35,36)19-5-3-18(4-6-19)30-23-22-20(8-13-28-24(22)34)33(31-23)25(9-12-27)10-14-32(15-11-25)21-7-2-17(26)16-29-21/h2-8,13,16H,9-11,14-15H2,1H3,(H,28,34)(H,30,31). The number of benzene rings is 1. The van der Waals surface area contributed by atoms with E-state index in [1.165, 1.54) is 12.1 Å². The van der Waals surface area contributed by atoms with Crippen molar-refractivity contribution in [1.29, 1.82) is 5.26 Å². The number of hydrogen-bond donors (Lipinski definition) is 2. The van der Waals surface area contributed by atoms with Crippen molar-refractivity contribution in [3.8, 4) is 6.07 Å². The van der Waals surface area contributed by atoms with Gasteiger partial charge < -0.3 is 15.2 Å². The van der Waals surface area contributed by atoms with Crippen LogP contribution in [0.15, 0.2) is 64.5 Å². The number of nitrogens with one attached hydrogen (secondary N) is 2. The highest BCUT2D eigenvalue weighted by atomic mass is 127. The van der Waals surface area contributed by atoms with Crippen LogP contribution in [0.2, 0.25) is 0 Å². The predicted molar refractivity (Wildman–Crippen MR) is 150 cm³/mol. The number of H-pyrrole nitrogens is 1. The summed E-state index contributed by atoms with van der Waals surface area (Å²) in [5.41, 5.74) is 0.332. The van der Waals surface area contributed by atoms with Crippen molar-refractivity contribution in [3.05, 3.63) is 68.8 Å². The molecule has 0 amide bonds. The average Bonchev–Trinajstić information content (AvgIpc) is 3.25. The maximum atomic E-state index is 12.9. The number of aromatic nitrogens is 4. The van der Waals surface area contributed by atoms with E-state index in [0.717, 1.165) is 15.6 Å². The number of hydrogen-bond acceptors (Lipinski definition) is 8. The Kier molecular flexibility index (Phi) is 6.67. The summed E-state index contributed by atoms with van der Waals surface area (Å²) in [6, 6.07) is 14.4. The molecule has 4 aromatic rings. The van der Waals surface area contributed by atoms with Gasteiger partial charge in [-0.25, -0.2) is 13.4 Å². The van der Waals surface area contributed by atoms with Crippen LogP contribution in [0.1, 0.15) is 19.3 Å². The molecule has 0 spiro atoms. The second kappa shape index (κ2) is 9.79. The molecule has 10 nitrogen and oxygen atoms in total. The normalized spacial score (nSPS) is 15.4. The van der Waals surface area contributed by atoms with E-state index in [0.29, 0.717) is 48.3 Å². The van der Waals surface area contributed by atoms with Gasteiger partial charge in [0.2, 0.25) is 0 Å². The molecule has 190 valence electrons. The summed E-state index contributed by atoms with van der Waals surface area (Å²) in [5, 5.41) is 18.1. The van der Waals surface area contributed by atoms with Crippen molar-refractivity contribution >= 4 is 60.7 Å². The zero-order valence-corrected chi connectivity index (χ0v) is 23.0. The van der Waals surface area contributed by atoms with E-state index in [-0.39, 0.29) is 16.9 Å². The predicted octanol–water partition coefficient (Wildman–Crippen LogP) is 3.78. The zero-order valence-electron chi connectivity index (χ0n) is 20.0. The number of halogens is 1. The molecule has 37 heavy (non-hydrogen) atoms. The first-order valence-corrected chi connectivity index (χ1v) is 14.6. The molecule has 0 unspecified atom stereocenters. The molecule has 1 fully saturated rings. The highest BCUT2D eigenvalue weighted by molar-refractivity contribution is 14.1. The van der Waals surface area contributed by atoms with Gasteiger partial charge in [-0.05, 0) is 77.9 Å². The summed E-state index contributed by atoms with van der Waals surface area (Å²) in [6.07, 6.45) is 6.12. The summed E-state index contributed by atoms with van der Waals surface area (Å²) < 4.78 is 26.5. The van der Waals surface area contributed by atoms with Gasteiger partial charge >= 0.3 is 0 Å². The van der Waals surface area contributed by atoms with Crippen molar-refractivity contribution in [1.82, 2.24) is 19.7 Å². The van der Waals surface area contributed by atoms with Crippen LogP contribution in [-0.4, -0.2) is 47.5 Å². The van der Waals surface area contributed by atoms with Gasteiger partial charge in [-0.15, -0.1) is 0 Å². The summed E-state index contributed by atoms with van der Waals surface area (Å²) in [7, 11) is -3.33. The average molecular weight is 629 g/mol. The summed E-state index contributed by atoms with van der Waals surface area (Å²) in [5.74, 6) is 1.25. The van der Waals surface area contributed by atoms with Gasteiger partial charge in [0.1, 0.15) is 11.2 Å². The van der Waals surface area contributed by atoms with Gasteiger partial charge in [-0.3, -0.25) is 9.48 Å². The van der Waals surface area contributed by atoms with Crippen molar-refractivity contribution in [3.63, 3.8) is 0 Å². The van der Waals surface area contributed by atoms with E-state index in [9.17, 15) is 18.5 Å². The largest absolute Gasteiger partial charge is 0.356 e. The second-order valence-electron chi connectivity index (χ2n) is 9.13. The molecule has 0 saturated carbocycles. The molecule has 2 N–H and O–H groups in total. The van der Waals surface area contributed by atoms with Gasteiger partial charge in [0, 0.05) is 41.0 Å². The number of nitrogens with zero attached hydrogens (tertiary/aromatic N) is 5. The number of pyridine rings is 2. The molecule has 3 aromatic heterocycles. The summed E-state index contributed by atoms with van der Waals surface area (Å²) in [6.45, 7) is 1.38. The van der Waals surface area contributed by atoms with Crippen LogP contribution in [0.4, 0.5) is 17.3 Å². The number of piperidine rings is 1. The molecule has 0 bridgehead atoms. The number of rotatable bonds is 6. The Morgan fingerprint density at radius 1 is 1.16 bits per heavy atom. The van der Waals surface area contributed by atoms with E-state index in [1.54, 1.807) is 24.4 Å². The van der Waals surface area contributed by atoms with E-state index in [1.807, 2.05) is 23.0 Å². The fraction of sp³-hybridized carbons (Fsp3) is 0.280. The number of anilines is 3. The van der Waals surface area contributed by atoms with Crippen LogP contribution in [-0.2, 0) is 15.4 Å². The lowest BCUT2D eigenvalue weighted by Gasteiger charge is -2.41. The highest BCUT2D eigenvalue weighted by Gasteiger charge is 2.39. The Hall–Kier alpha value is -3.44. The number of sulfone groups is 1. The minimum absolute atomic E-state index is 0.202. The monoisotopic (exact) mass is 629 g/mol. The molecule has 1 aromatic carbocycles. The van der Waals surface area contributed by atoms with Gasteiger partial charge in [0.15, 0.2) is 15.7 Å². The lowest BCUT2D eigenvalue weighted by molar-refractivity contribution is 0.210. The van der Waals surface area contributed by atoms with Crippen LogP contribution < -0.4 is 15.8 Å². The number of nitriles is 1. The Morgan fingerprint density at radius 3 is 2.51 bits per heavy atom. The Bertz CT molecular complexity index is 1650. The Balaban J connectivity index is 1.51. The molecule has 4 heterocycles. The zero-order chi connectivity index (χ0) is 26.2. The molecule has 0 aliphatic carbocycles. The van der Waals surface area contributed by atoms with Crippen LogP contribution in [0.25, 0.3) is 10.9 Å². The molecule has 1 aliphatic rings. The van der Waals surface area contributed by atoms with E-state index >= 15 is 0 Å². The van der Waals surface area contributed by atoms with Gasteiger partial charge in [0.05, 0.1) is 28.4 Å². The first-order chi connectivity index (χ1) is 17.7. The first-order valence-electron chi connectivity index (χ1n) is 11.6. The summed E-state index contributed by atoms with van der Waals surface area (Å²) in [4.78, 5) is 22.5. The molecule has 1 saturated heterocycles. The molecular formula is C25H24IN7O3S. The SMILES string of the molecule is CS(=O)(=O)c1ccc(Nc2nn(C3(CC#N)CCN(c4ccc(I)cn4)CC3)c3cc[nH]c(=O)c23)cc1. The van der Waals surface area contributed by atoms with Crippen molar-refractivity contribution in [2.75, 3.05) is 29.6 Å². The van der Waals surface area contributed by atoms with Gasteiger partial charge in [-0.2, -0.15) is 10.4 Å². The van der Waals surface area contributed by atoms with Gasteiger partial charge in [-0.1, -0.05) is 0 Å². The van der Waals surface area contributed by atoms with Crippen molar-refractivity contribution in [2.45, 2.75) is 29.7 Å². The maximum absolute atomic E-state index is 12.9. The lowest BCUT2D eigenvalue weighted by Crippen LogP contribution is -2.47. The maximum Gasteiger partial charge on any atom is 0.261 e. The third-order valence-corrected chi connectivity index (χ3v) is 8.50. The third-order valence-electron chi connectivity index (χ3n) is 6.74. The van der Waals surface area contributed by atoms with E-state index in [2.05, 4.69) is 48.8 Å². The molecule has 12 heteroatoms. The third kappa shape index (κ3) is 4.93. The fourth-order valence-electron chi connectivity index (χ4n) is 4.77. The smallest absolute Gasteiger partial charge is 0.261 e. The van der Waals surface area contributed by atoms with E-state index < -0.39 is 15.4 Å². The van der Waals surface area contributed by atoms with Crippen LogP contribution in [0.3, 0.4) is 0 Å². The molecule has 0 atom stereocenters. The van der Waals surface area contributed by atoms with Crippen molar-refractivity contribution in [2.24, 2.45) is 0 Å². The fourth-order valence-corrected chi connectivity index (χ4v) is 5.72. The molecule has 1 aliphatic heterocycles. The topological polar surface area (TPSA) is 137 Å². The van der Waals surface area contributed by atoms with Crippen molar-refractivity contribution < 1.29 is 8.42 Å². The quantitative estimate of drug-likeness (QED) is 0.308. The molecular weight excluding hydrogens is 605 g/mol. The van der Waals surface area contributed by atoms with Crippen LogP contribution >= 0.6 is 22.6 Å². The number of aromatic amines is 1. The van der Waals surface area contributed by atoms with Crippen LogP contribution in [0, 0.1) is 14.9 Å². The first kappa shape index (κ1) is 25.2. The highest BCUT2D eigenvalue weighted by Crippen LogP contribution is 2.38. The molecule has 0 radical (unpaired) electrons. The second-order valence-corrected chi connectivity index (χ2v) is 12.4. The minimum atomic E-state index is -3.33. The van der Waals surface area contributed by atoms with Gasteiger partial charge in [0.25, 0.3) is 5.56 Å². The van der Waals surface area contributed by atoms with E-state index in [4.69, 9.17) is 5.10 Å². The van der Waals surface area contributed by atoms with Crippen LogP contribution in [0.5, 0.6) is 0 Å².